The Balaban J connectivity index is 1.88. The molecule has 0 aliphatic carbocycles. The molecule has 1 saturated heterocycles. The van der Waals surface area contributed by atoms with Gasteiger partial charge in [-0.25, -0.2) is 0 Å². The van der Waals surface area contributed by atoms with Crippen LogP contribution in [0.25, 0.3) is 0 Å². The van der Waals surface area contributed by atoms with Crippen LogP contribution in [0.2, 0.25) is 0 Å². The summed E-state index contributed by atoms with van der Waals surface area (Å²) in [5.41, 5.74) is 6.34. The van der Waals surface area contributed by atoms with Gasteiger partial charge in [-0.2, -0.15) is 0 Å². The van der Waals surface area contributed by atoms with E-state index in [2.05, 4.69) is 10.6 Å². The third kappa shape index (κ3) is 5.34. The Hall–Kier alpha value is -2.41. The number of rotatable bonds is 5. The summed E-state index contributed by atoms with van der Waals surface area (Å²) in [6.45, 7) is 1.32. The van der Waals surface area contributed by atoms with Crippen LogP contribution in [-0.4, -0.2) is 48.8 Å². The van der Waals surface area contributed by atoms with E-state index in [1.807, 2.05) is 4.90 Å². The standard InChI is InChI=1S/C17H24N4O3/c18-11-15(22)19-12-16(23)20-14-7-5-13(6-8-14)17(24)21-9-3-1-2-4-10-21/h5-8H,1-4,9-12,18H2,(H,19,22)(H,20,23). The summed E-state index contributed by atoms with van der Waals surface area (Å²) in [6, 6.07) is 6.80. The van der Waals surface area contributed by atoms with Crippen LogP contribution in [0.4, 0.5) is 5.69 Å². The molecule has 0 atom stereocenters. The third-order valence-electron chi connectivity index (χ3n) is 3.94. The topological polar surface area (TPSA) is 105 Å². The zero-order chi connectivity index (χ0) is 17.4. The van der Waals surface area contributed by atoms with E-state index in [0.717, 1.165) is 25.9 Å². The molecule has 2 rings (SSSR count). The molecule has 1 aromatic rings. The van der Waals surface area contributed by atoms with Gasteiger partial charge < -0.3 is 21.3 Å². The SMILES string of the molecule is NCC(=O)NCC(=O)Nc1ccc(C(=O)N2CCCCCC2)cc1. The lowest BCUT2D eigenvalue weighted by Gasteiger charge is -2.20. The highest BCUT2D eigenvalue weighted by Gasteiger charge is 2.17. The number of carbonyl (C=O) groups excluding carboxylic acids is 3. The van der Waals surface area contributed by atoms with Gasteiger partial charge in [0.1, 0.15) is 0 Å². The summed E-state index contributed by atoms with van der Waals surface area (Å²) in [7, 11) is 0. The predicted octanol–water partition coefficient (Wildman–Crippen LogP) is 0.716. The zero-order valence-electron chi connectivity index (χ0n) is 13.7. The molecule has 3 amide bonds. The molecule has 1 heterocycles. The van der Waals surface area contributed by atoms with Gasteiger partial charge in [-0.1, -0.05) is 12.8 Å². The van der Waals surface area contributed by atoms with Crippen LogP contribution in [0.15, 0.2) is 24.3 Å². The summed E-state index contributed by atoms with van der Waals surface area (Å²) in [5.74, 6) is -0.697. The lowest BCUT2D eigenvalue weighted by atomic mass is 10.1. The first-order valence-electron chi connectivity index (χ1n) is 8.26. The first-order valence-corrected chi connectivity index (χ1v) is 8.26. The average molecular weight is 332 g/mol. The number of benzene rings is 1. The summed E-state index contributed by atoms with van der Waals surface area (Å²) in [6.07, 6.45) is 4.45. The Bertz CT molecular complexity index is 578. The van der Waals surface area contributed by atoms with Crippen LogP contribution in [0, 0.1) is 0 Å². The molecular formula is C17H24N4O3. The summed E-state index contributed by atoms with van der Waals surface area (Å²) in [5, 5.41) is 5.05. The molecule has 130 valence electrons. The predicted molar refractivity (Wildman–Crippen MR) is 91.5 cm³/mol. The minimum absolute atomic E-state index is 0.0324. The van der Waals surface area contributed by atoms with Crippen molar-refractivity contribution in [2.75, 3.05) is 31.5 Å². The maximum atomic E-state index is 12.5. The Morgan fingerprint density at radius 2 is 1.58 bits per heavy atom. The van der Waals surface area contributed by atoms with Crippen LogP contribution < -0.4 is 16.4 Å². The minimum Gasteiger partial charge on any atom is -0.346 e. The largest absolute Gasteiger partial charge is 0.346 e. The van der Waals surface area contributed by atoms with E-state index in [0.29, 0.717) is 11.3 Å². The van der Waals surface area contributed by atoms with Crippen LogP contribution in [0.3, 0.4) is 0 Å². The highest BCUT2D eigenvalue weighted by Crippen LogP contribution is 2.15. The van der Waals surface area contributed by atoms with Gasteiger partial charge in [0.15, 0.2) is 0 Å². The highest BCUT2D eigenvalue weighted by atomic mass is 16.2. The van der Waals surface area contributed by atoms with Crippen molar-refractivity contribution in [2.24, 2.45) is 5.73 Å². The molecule has 4 N–H and O–H groups in total. The lowest BCUT2D eigenvalue weighted by molar-refractivity contribution is -0.123. The van der Waals surface area contributed by atoms with Gasteiger partial charge in [0.05, 0.1) is 13.1 Å². The molecule has 1 aliphatic rings. The van der Waals surface area contributed by atoms with Gasteiger partial charge in [0, 0.05) is 24.3 Å². The highest BCUT2D eigenvalue weighted by molar-refractivity contribution is 5.97. The molecule has 1 fully saturated rings. The average Bonchev–Trinajstić information content (AvgIpc) is 2.89. The number of nitrogens with two attached hydrogens (primary N) is 1. The molecule has 1 aromatic carbocycles. The number of nitrogens with one attached hydrogen (secondary N) is 2. The second-order valence-electron chi connectivity index (χ2n) is 5.81. The Kier molecular flexibility index (Phi) is 6.74. The van der Waals surface area contributed by atoms with E-state index in [1.54, 1.807) is 24.3 Å². The van der Waals surface area contributed by atoms with Crippen LogP contribution >= 0.6 is 0 Å². The number of nitrogens with zero attached hydrogens (tertiary/aromatic N) is 1. The van der Waals surface area contributed by atoms with Crippen molar-refractivity contribution in [1.82, 2.24) is 10.2 Å². The molecule has 0 unspecified atom stereocenters. The van der Waals surface area contributed by atoms with Crippen molar-refractivity contribution in [3.8, 4) is 0 Å². The molecule has 1 aliphatic heterocycles. The number of anilines is 1. The smallest absolute Gasteiger partial charge is 0.253 e. The maximum Gasteiger partial charge on any atom is 0.253 e. The van der Waals surface area contributed by atoms with E-state index in [4.69, 9.17) is 5.73 Å². The van der Waals surface area contributed by atoms with Gasteiger partial charge in [0.25, 0.3) is 5.91 Å². The fourth-order valence-corrected chi connectivity index (χ4v) is 2.61. The van der Waals surface area contributed by atoms with Crippen molar-refractivity contribution in [3.63, 3.8) is 0 Å². The number of likely N-dealkylation sites (tertiary alicyclic amines) is 1. The monoisotopic (exact) mass is 332 g/mol. The quantitative estimate of drug-likeness (QED) is 0.739. The van der Waals surface area contributed by atoms with Crippen molar-refractivity contribution in [1.29, 1.82) is 0 Å². The Morgan fingerprint density at radius 1 is 0.958 bits per heavy atom. The molecule has 0 bridgehead atoms. The Labute approximate surface area is 141 Å². The zero-order valence-corrected chi connectivity index (χ0v) is 13.7. The fraction of sp³-hybridized carbons (Fsp3) is 0.471. The van der Waals surface area contributed by atoms with Gasteiger partial charge in [-0.05, 0) is 37.1 Å². The van der Waals surface area contributed by atoms with E-state index in [9.17, 15) is 14.4 Å². The number of hydrogen-bond acceptors (Lipinski definition) is 4. The van der Waals surface area contributed by atoms with Gasteiger partial charge in [-0.3, -0.25) is 14.4 Å². The van der Waals surface area contributed by atoms with Crippen LogP contribution in [0.5, 0.6) is 0 Å². The number of hydrogen-bond donors (Lipinski definition) is 3. The van der Waals surface area contributed by atoms with Crippen molar-refractivity contribution in [2.45, 2.75) is 25.7 Å². The normalized spacial score (nSPS) is 14.6. The van der Waals surface area contributed by atoms with E-state index >= 15 is 0 Å². The van der Waals surface area contributed by atoms with Gasteiger partial charge in [-0.15, -0.1) is 0 Å². The van der Waals surface area contributed by atoms with Crippen molar-refractivity contribution in [3.05, 3.63) is 29.8 Å². The molecule has 7 heteroatoms. The first kappa shape index (κ1) is 17.9. The molecule has 0 saturated carbocycles. The minimum atomic E-state index is -0.386. The first-order chi connectivity index (χ1) is 11.6. The maximum absolute atomic E-state index is 12.5. The van der Waals surface area contributed by atoms with E-state index < -0.39 is 0 Å². The van der Waals surface area contributed by atoms with Gasteiger partial charge >= 0.3 is 0 Å². The van der Waals surface area contributed by atoms with Gasteiger partial charge in [0.2, 0.25) is 11.8 Å². The summed E-state index contributed by atoms with van der Waals surface area (Å²) < 4.78 is 0. The van der Waals surface area contributed by atoms with Crippen LogP contribution in [-0.2, 0) is 9.59 Å². The van der Waals surface area contributed by atoms with E-state index in [-0.39, 0.29) is 30.8 Å². The van der Waals surface area contributed by atoms with E-state index in [1.165, 1.54) is 12.8 Å². The lowest BCUT2D eigenvalue weighted by Crippen LogP contribution is -2.36. The molecule has 0 aromatic heterocycles. The second-order valence-corrected chi connectivity index (χ2v) is 5.81. The van der Waals surface area contributed by atoms with Crippen molar-refractivity contribution >= 4 is 23.4 Å². The molecule has 24 heavy (non-hydrogen) atoms. The number of amides is 3. The summed E-state index contributed by atoms with van der Waals surface area (Å²) in [4.78, 5) is 37.1. The Morgan fingerprint density at radius 3 is 2.17 bits per heavy atom. The fourth-order valence-electron chi connectivity index (χ4n) is 2.61. The molecule has 7 nitrogen and oxygen atoms in total. The number of carbonyl (C=O) groups is 3. The molecular weight excluding hydrogens is 308 g/mol. The third-order valence-corrected chi connectivity index (χ3v) is 3.94. The second kappa shape index (κ2) is 9.02. The summed E-state index contributed by atoms with van der Waals surface area (Å²) >= 11 is 0. The molecule has 0 spiro atoms. The van der Waals surface area contributed by atoms with Crippen molar-refractivity contribution < 1.29 is 14.4 Å². The molecule has 0 radical (unpaired) electrons. The van der Waals surface area contributed by atoms with Crippen LogP contribution in [0.1, 0.15) is 36.0 Å².